The minimum Gasteiger partial charge on any atom is -0.414 e. The van der Waals surface area contributed by atoms with Gasteiger partial charge < -0.3 is 14.2 Å². The van der Waals surface area contributed by atoms with Crippen molar-refractivity contribution in [3.63, 3.8) is 0 Å². The summed E-state index contributed by atoms with van der Waals surface area (Å²) in [5, 5.41) is 0. The molecule has 0 saturated heterocycles. The maximum Gasteiger partial charge on any atom is 0.316 e. The second-order valence-corrected chi connectivity index (χ2v) is 11.4. The first-order valence-electron chi connectivity index (χ1n) is 11.1. The number of hydrogen-bond acceptors (Lipinski definition) is 4. The van der Waals surface area contributed by atoms with Crippen molar-refractivity contribution in [3.05, 3.63) is 89.5 Å². The van der Waals surface area contributed by atoms with Crippen LogP contribution >= 0.6 is 25.1 Å². The van der Waals surface area contributed by atoms with Crippen LogP contribution in [-0.2, 0) is 19.3 Å². The number of aromatic nitrogens is 3. The monoisotopic (exact) mass is 499 g/mol. The van der Waals surface area contributed by atoms with E-state index in [1.54, 1.807) is 8.51 Å². The van der Waals surface area contributed by atoms with Crippen LogP contribution < -0.4 is 14.2 Å². The van der Waals surface area contributed by atoms with Gasteiger partial charge in [0.2, 0.25) is 0 Å². The van der Waals surface area contributed by atoms with Gasteiger partial charge in [-0.25, -0.2) is 0 Å². The van der Waals surface area contributed by atoms with Gasteiger partial charge in [0.15, 0.2) is 20.0 Å². The van der Waals surface area contributed by atoms with Crippen LogP contribution in [0.15, 0.2) is 72.8 Å². The molecule has 4 rings (SSSR count). The number of benzene rings is 3. The zero-order valence-corrected chi connectivity index (χ0v) is 21.8. The lowest BCUT2D eigenvalue weighted by Crippen LogP contribution is -2.11. The van der Waals surface area contributed by atoms with E-state index in [-0.39, 0.29) is 8.51 Å². The molecular weight excluding hydrogens is 471 g/mol. The molecule has 172 valence electrons. The van der Waals surface area contributed by atoms with Gasteiger partial charge in [-0.2, -0.15) is 4.51 Å². The number of aryl methyl sites for hydroxylation is 3. The molecule has 3 aromatic carbocycles. The van der Waals surface area contributed by atoms with E-state index >= 15 is 0 Å². The van der Waals surface area contributed by atoms with Gasteiger partial charge in [-0.1, -0.05) is 65.7 Å². The summed E-state index contributed by atoms with van der Waals surface area (Å²) in [5.41, 5.74) is 3.79. The van der Waals surface area contributed by atoms with Crippen LogP contribution in [0.4, 0.5) is 0 Å². The van der Waals surface area contributed by atoms with E-state index in [1.807, 2.05) is 36.4 Å². The molecule has 0 fully saturated rings. The third-order valence-corrected chi connectivity index (χ3v) is 8.95. The van der Waals surface area contributed by atoms with E-state index in [9.17, 15) is 0 Å². The summed E-state index contributed by atoms with van der Waals surface area (Å²) >= 11 is 0. The Hall–Kier alpha value is -2.64. The van der Waals surface area contributed by atoms with E-state index < -0.39 is 8.08 Å². The van der Waals surface area contributed by atoms with Crippen molar-refractivity contribution in [2.75, 3.05) is 0 Å². The largest absolute Gasteiger partial charge is 0.414 e. The molecule has 0 N–H and O–H groups in total. The van der Waals surface area contributed by atoms with Gasteiger partial charge in [-0.3, -0.25) is 0 Å². The molecule has 0 aliphatic heterocycles. The van der Waals surface area contributed by atoms with E-state index in [0.717, 1.165) is 36.5 Å². The topological polar surface area (TPSA) is 50.4 Å². The Balaban J connectivity index is 1.67. The summed E-state index contributed by atoms with van der Waals surface area (Å²) < 4.78 is 14.5. The van der Waals surface area contributed by atoms with Crippen LogP contribution in [0.5, 0.6) is 17.2 Å². The molecule has 2 unspecified atom stereocenters. The highest BCUT2D eigenvalue weighted by molar-refractivity contribution is 7.51. The summed E-state index contributed by atoms with van der Waals surface area (Å²) in [6.45, 7) is 6.42. The fourth-order valence-corrected chi connectivity index (χ4v) is 7.26. The standard InChI is InChI=1S/C24H28N3O3P3/c1-4-19-7-13-22(14-8-19)28-26-31-25-32-27(29-23-15-9-20(5-2)10-16-23)33(26)30-24-17-11-21(6-3)12-18-24/h7-18,31H,4-6H2,1-3H3. The van der Waals surface area contributed by atoms with Crippen molar-refractivity contribution in [2.24, 2.45) is 0 Å². The van der Waals surface area contributed by atoms with Gasteiger partial charge in [-0.15, -0.1) is 0 Å². The van der Waals surface area contributed by atoms with Crippen LogP contribution in [0.3, 0.4) is 0 Å². The van der Waals surface area contributed by atoms with E-state index in [4.69, 9.17) is 14.2 Å². The first-order valence-corrected chi connectivity index (χ1v) is 13.9. The minimum atomic E-state index is -1.43. The highest BCUT2D eigenvalue weighted by atomic mass is 31.2. The molecule has 6 nitrogen and oxygen atoms in total. The molecule has 33 heavy (non-hydrogen) atoms. The Bertz CT molecular complexity index is 1120. The Morgan fingerprint density at radius 2 is 1.15 bits per heavy atom. The van der Waals surface area contributed by atoms with Crippen molar-refractivity contribution in [1.82, 2.24) is 13.0 Å². The Labute approximate surface area is 199 Å². The summed E-state index contributed by atoms with van der Waals surface area (Å²) in [6.07, 6.45) is 2.96. The van der Waals surface area contributed by atoms with E-state index in [2.05, 4.69) is 61.7 Å². The quantitative estimate of drug-likeness (QED) is 0.238. The lowest BCUT2D eigenvalue weighted by molar-refractivity contribution is 0.237. The second kappa shape index (κ2) is 11.5. The zero-order valence-electron chi connectivity index (χ0n) is 19.0. The van der Waals surface area contributed by atoms with E-state index in [1.165, 1.54) is 16.7 Å². The number of hydrogen-bond donors (Lipinski definition) is 0. The minimum absolute atomic E-state index is 0.0961. The van der Waals surface area contributed by atoms with Crippen LogP contribution in [0.2, 0.25) is 0 Å². The molecule has 1 heterocycles. The molecule has 0 aliphatic rings. The highest BCUT2D eigenvalue weighted by Crippen LogP contribution is 2.36. The van der Waals surface area contributed by atoms with Crippen LogP contribution in [-0.4, -0.2) is 13.0 Å². The predicted molar refractivity (Wildman–Crippen MR) is 138 cm³/mol. The third kappa shape index (κ3) is 6.24. The first kappa shape index (κ1) is 23.5. The van der Waals surface area contributed by atoms with Gasteiger partial charge in [0.25, 0.3) is 0 Å². The van der Waals surface area contributed by atoms with Gasteiger partial charge in [0.05, 0.1) is 8.51 Å². The van der Waals surface area contributed by atoms with Gasteiger partial charge >= 0.3 is 8.08 Å². The zero-order chi connectivity index (χ0) is 23.0. The third-order valence-electron chi connectivity index (χ3n) is 5.11. The summed E-state index contributed by atoms with van der Waals surface area (Å²) in [5.74, 6) is 2.26. The molecule has 1 aromatic heterocycles. The molecule has 4 aromatic rings. The Morgan fingerprint density at radius 3 is 1.64 bits per heavy atom. The predicted octanol–water partition coefficient (Wildman–Crippen LogP) is 7.62. The van der Waals surface area contributed by atoms with Gasteiger partial charge in [-0.05, 0) is 72.4 Å². The van der Waals surface area contributed by atoms with Crippen molar-refractivity contribution >= 4 is 25.1 Å². The maximum absolute atomic E-state index is 6.42. The Kier molecular flexibility index (Phi) is 8.18. The van der Waals surface area contributed by atoms with Gasteiger partial charge in [0, 0.05) is 0 Å². The number of nitrogens with zero attached hydrogens (tertiary/aromatic N) is 3. The molecule has 2 atom stereocenters. The fourth-order valence-electron chi connectivity index (χ4n) is 3.07. The average Bonchev–Trinajstić information content (AvgIpc) is 2.87. The van der Waals surface area contributed by atoms with Crippen LogP contribution in [0, 0.1) is 0 Å². The molecular formula is C24H28N3O3P3. The molecule has 9 heteroatoms. The molecule has 0 spiro atoms. The molecule has 0 saturated carbocycles. The SMILES string of the molecule is CCc1ccc(On2pn[pH]n(Oc3ccc(CC)cc3)p2Oc2ccc(CC)cc2)cc1. The van der Waals surface area contributed by atoms with Crippen LogP contribution in [0.25, 0.3) is 0 Å². The fraction of sp³-hybridized carbons (Fsp3) is 0.250. The molecule has 0 radical (unpaired) electrons. The summed E-state index contributed by atoms with van der Waals surface area (Å²) in [7, 11) is -0.647. The molecule has 0 amide bonds. The smallest absolute Gasteiger partial charge is 0.316 e. The van der Waals surface area contributed by atoms with Crippen molar-refractivity contribution < 1.29 is 14.2 Å². The molecule has 0 aliphatic carbocycles. The number of rotatable bonds is 9. The van der Waals surface area contributed by atoms with Gasteiger partial charge in [0.1, 0.15) is 5.75 Å². The second-order valence-electron chi connectivity index (χ2n) is 7.33. The highest BCUT2D eigenvalue weighted by Gasteiger charge is 2.14. The maximum atomic E-state index is 6.42. The van der Waals surface area contributed by atoms with Crippen LogP contribution in [0.1, 0.15) is 37.5 Å². The average molecular weight is 499 g/mol. The first-order chi connectivity index (χ1) is 16.2. The lowest BCUT2D eigenvalue weighted by atomic mass is 10.2. The summed E-state index contributed by atoms with van der Waals surface area (Å²) in [6, 6.07) is 24.4. The van der Waals surface area contributed by atoms with Crippen molar-refractivity contribution in [1.29, 1.82) is 0 Å². The van der Waals surface area contributed by atoms with Crippen molar-refractivity contribution in [3.8, 4) is 17.2 Å². The normalized spacial score (nSPS) is 11.7. The van der Waals surface area contributed by atoms with E-state index in [0.29, 0.717) is 8.51 Å². The Morgan fingerprint density at radius 1 is 0.697 bits per heavy atom. The lowest BCUT2D eigenvalue weighted by Gasteiger charge is -2.18. The van der Waals surface area contributed by atoms with Crippen molar-refractivity contribution in [2.45, 2.75) is 40.0 Å². The molecule has 0 bridgehead atoms. The summed E-state index contributed by atoms with van der Waals surface area (Å²) in [4.78, 5) is 12.4.